The van der Waals surface area contributed by atoms with Crippen LogP contribution in [0.25, 0.3) is 5.65 Å². The number of fused-ring (bicyclic) bond motifs is 1. The van der Waals surface area contributed by atoms with Gasteiger partial charge >= 0.3 is 5.97 Å². The van der Waals surface area contributed by atoms with Crippen molar-refractivity contribution in [1.82, 2.24) is 14.9 Å². The Balaban J connectivity index is 2.35. The highest BCUT2D eigenvalue weighted by Crippen LogP contribution is 2.21. The Labute approximate surface area is 119 Å². The summed E-state index contributed by atoms with van der Waals surface area (Å²) < 4.78 is 1.64. The number of carboxylic acid groups (broad SMARTS) is 1. The van der Waals surface area contributed by atoms with Gasteiger partial charge in [-0.2, -0.15) is 0 Å². The number of aromatic nitrogens is 2. The van der Waals surface area contributed by atoms with E-state index < -0.39 is 11.9 Å². The van der Waals surface area contributed by atoms with Gasteiger partial charge in [0, 0.05) is 18.3 Å². The number of carboxylic acids is 1. The van der Waals surface area contributed by atoms with Crippen molar-refractivity contribution in [3.05, 3.63) is 24.0 Å². The lowest BCUT2D eigenvalue weighted by Gasteiger charge is -2.07. The van der Waals surface area contributed by atoms with Gasteiger partial charge < -0.3 is 16.2 Å². The standard InChI is InChI=1S/C12H15N5O4/c13-7-1-3-9-15-8(2-4-11(19)20)12(17(9)6-7)14-5-10(18)16-21/h1,3,6,14,21H,2,4-5,13H2,(H,16,18)(H,19,20). The average Bonchev–Trinajstić information content (AvgIpc) is 2.79. The van der Waals surface area contributed by atoms with E-state index >= 15 is 0 Å². The molecule has 0 saturated carbocycles. The van der Waals surface area contributed by atoms with Gasteiger partial charge in [-0.15, -0.1) is 0 Å². The first-order valence-corrected chi connectivity index (χ1v) is 6.16. The second-order valence-electron chi connectivity index (χ2n) is 4.38. The van der Waals surface area contributed by atoms with Crippen molar-refractivity contribution in [3.63, 3.8) is 0 Å². The van der Waals surface area contributed by atoms with Crippen LogP contribution in [-0.4, -0.2) is 38.1 Å². The maximum atomic E-state index is 11.1. The second-order valence-corrected chi connectivity index (χ2v) is 4.38. The molecular formula is C12H15N5O4. The molecule has 1 amide bonds. The topological polar surface area (TPSA) is 142 Å². The van der Waals surface area contributed by atoms with Gasteiger partial charge in [-0.25, -0.2) is 10.5 Å². The predicted octanol–water partition coefficient (Wildman–Crippen LogP) is -0.149. The van der Waals surface area contributed by atoms with Gasteiger partial charge in [-0.05, 0) is 12.1 Å². The van der Waals surface area contributed by atoms with E-state index in [1.165, 1.54) is 5.48 Å². The predicted molar refractivity (Wildman–Crippen MR) is 74.0 cm³/mol. The normalized spacial score (nSPS) is 10.5. The molecule has 0 aliphatic carbocycles. The van der Waals surface area contributed by atoms with Gasteiger partial charge in [0.2, 0.25) is 0 Å². The van der Waals surface area contributed by atoms with Gasteiger partial charge in [0.05, 0.1) is 18.7 Å². The Morgan fingerprint density at radius 2 is 2.14 bits per heavy atom. The quantitative estimate of drug-likeness (QED) is 0.368. The number of pyridine rings is 1. The van der Waals surface area contributed by atoms with Crippen molar-refractivity contribution in [2.24, 2.45) is 0 Å². The summed E-state index contributed by atoms with van der Waals surface area (Å²) in [4.78, 5) is 26.1. The third-order valence-electron chi connectivity index (χ3n) is 2.83. The SMILES string of the molecule is Nc1ccc2nc(CCC(=O)O)c(NCC(=O)NO)n2c1. The number of nitrogen functional groups attached to an aromatic ring is 1. The summed E-state index contributed by atoms with van der Waals surface area (Å²) in [5, 5.41) is 20.1. The highest BCUT2D eigenvalue weighted by Gasteiger charge is 2.14. The van der Waals surface area contributed by atoms with E-state index in [2.05, 4.69) is 10.3 Å². The van der Waals surface area contributed by atoms with Crippen LogP contribution in [0.3, 0.4) is 0 Å². The first-order valence-electron chi connectivity index (χ1n) is 6.16. The molecule has 2 aromatic rings. The summed E-state index contributed by atoms with van der Waals surface area (Å²) in [5.41, 5.74) is 8.81. The molecular weight excluding hydrogens is 278 g/mol. The van der Waals surface area contributed by atoms with Crippen molar-refractivity contribution in [1.29, 1.82) is 0 Å². The Morgan fingerprint density at radius 3 is 2.81 bits per heavy atom. The lowest BCUT2D eigenvalue weighted by molar-refractivity contribution is -0.137. The Bertz CT molecular complexity index is 682. The summed E-state index contributed by atoms with van der Waals surface area (Å²) in [6, 6.07) is 3.37. The molecule has 9 heteroatoms. The number of amides is 1. The minimum absolute atomic E-state index is 0.0831. The van der Waals surface area contributed by atoms with Crippen LogP contribution in [0.2, 0.25) is 0 Å². The number of imidazole rings is 1. The lowest BCUT2D eigenvalue weighted by atomic mass is 10.2. The van der Waals surface area contributed by atoms with Crippen LogP contribution < -0.4 is 16.5 Å². The molecule has 0 radical (unpaired) electrons. The van der Waals surface area contributed by atoms with Gasteiger partial charge in [0.15, 0.2) is 0 Å². The van der Waals surface area contributed by atoms with E-state index in [9.17, 15) is 9.59 Å². The summed E-state index contributed by atoms with van der Waals surface area (Å²) in [7, 11) is 0. The molecule has 2 aromatic heterocycles. The van der Waals surface area contributed by atoms with Crippen molar-refractivity contribution in [2.45, 2.75) is 12.8 Å². The highest BCUT2D eigenvalue weighted by molar-refractivity contribution is 5.79. The largest absolute Gasteiger partial charge is 0.481 e. The minimum Gasteiger partial charge on any atom is -0.481 e. The van der Waals surface area contributed by atoms with Crippen LogP contribution in [-0.2, 0) is 16.0 Å². The van der Waals surface area contributed by atoms with Gasteiger partial charge in [-0.1, -0.05) is 0 Å². The number of nitrogens with zero attached hydrogens (tertiary/aromatic N) is 2. The fraction of sp³-hybridized carbons (Fsp3) is 0.250. The van der Waals surface area contributed by atoms with Crippen LogP contribution in [0.5, 0.6) is 0 Å². The molecule has 0 atom stereocenters. The second kappa shape index (κ2) is 6.09. The van der Waals surface area contributed by atoms with E-state index in [-0.39, 0.29) is 19.4 Å². The monoisotopic (exact) mass is 293 g/mol. The molecule has 9 nitrogen and oxygen atoms in total. The van der Waals surface area contributed by atoms with Gasteiger partial charge in [-0.3, -0.25) is 19.2 Å². The van der Waals surface area contributed by atoms with Crippen molar-refractivity contribution in [2.75, 3.05) is 17.6 Å². The fourth-order valence-electron chi connectivity index (χ4n) is 1.90. The third-order valence-corrected chi connectivity index (χ3v) is 2.83. The fourth-order valence-corrected chi connectivity index (χ4v) is 1.90. The number of carbonyl (C=O) groups is 2. The average molecular weight is 293 g/mol. The number of nitrogens with one attached hydrogen (secondary N) is 2. The van der Waals surface area contributed by atoms with Crippen molar-refractivity contribution in [3.8, 4) is 0 Å². The van der Waals surface area contributed by atoms with E-state index in [0.717, 1.165) is 0 Å². The number of hydroxylamine groups is 1. The molecule has 0 aromatic carbocycles. The molecule has 2 heterocycles. The van der Waals surface area contributed by atoms with Gasteiger partial charge in [0.25, 0.3) is 5.91 Å². The summed E-state index contributed by atoms with van der Waals surface area (Å²) in [6.07, 6.45) is 1.74. The van der Waals surface area contributed by atoms with Crippen LogP contribution in [0.15, 0.2) is 18.3 Å². The Hall–Kier alpha value is -2.81. The summed E-state index contributed by atoms with van der Waals surface area (Å²) >= 11 is 0. The maximum Gasteiger partial charge on any atom is 0.303 e. The molecule has 112 valence electrons. The Morgan fingerprint density at radius 1 is 1.38 bits per heavy atom. The number of rotatable bonds is 6. The van der Waals surface area contributed by atoms with E-state index in [1.54, 1.807) is 22.7 Å². The number of aryl methyl sites for hydroxylation is 1. The first-order chi connectivity index (χ1) is 10.0. The molecule has 21 heavy (non-hydrogen) atoms. The zero-order valence-corrected chi connectivity index (χ0v) is 11.0. The van der Waals surface area contributed by atoms with Gasteiger partial charge in [0.1, 0.15) is 11.5 Å². The maximum absolute atomic E-state index is 11.1. The summed E-state index contributed by atoms with van der Waals surface area (Å²) in [6.45, 7) is -0.181. The van der Waals surface area contributed by atoms with E-state index in [0.29, 0.717) is 22.8 Å². The number of anilines is 2. The number of aliphatic carboxylic acids is 1. The van der Waals surface area contributed by atoms with Crippen molar-refractivity contribution < 1.29 is 19.9 Å². The van der Waals surface area contributed by atoms with E-state index in [1.807, 2.05) is 0 Å². The Kier molecular flexibility index (Phi) is 4.24. The minimum atomic E-state index is -0.939. The van der Waals surface area contributed by atoms with Crippen molar-refractivity contribution >= 4 is 29.0 Å². The summed E-state index contributed by atoms with van der Waals surface area (Å²) in [5.74, 6) is -1.09. The molecule has 6 N–H and O–H groups in total. The number of nitrogens with two attached hydrogens (primary N) is 1. The number of carbonyl (C=O) groups excluding carboxylic acids is 1. The van der Waals surface area contributed by atoms with Crippen LogP contribution in [0.4, 0.5) is 11.5 Å². The lowest BCUT2D eigenvalue weighted by Crippen LogP contribution is -2.27. The molecule has 0 aliphatic rings. The van der Waals surface area contributed by atoms with Crippen LogP contribution >= 0.6 is 0 Å². The van der Waals surface area contributed by atoms with E-state index in [4.69, 9.17) is 16.0 Å². The van der Waals surface area contributed by atoms with Crippen LogP contribution in [0, 0.1) is 0 Å². The molecule has 0 aliphatic heterocycles. The zero-order valence-electron chi connectivity index (χ0n) is 11.0. The molecule has 0 unspecified atom stereocenters. The smallest absolute Gasteiger partial charge is 0.303 e. The highest BCUT2D eigenvalue weighted by atomic mass is 16.5. The zero-order chi connectivity index (χ0) is 15.4. The number of hydrogen-bond donors (Lipinski definition) is 5. The molecule has 2 rings (SSSR count). The van der Waals surface area contributed by atoms with Crippen LogP contribution in [0.1, 0.15) is 12.1 Å². The first kappa shape index (κ1) is 14.6. The molecule has 0 fully saturated rings. The third kappa shape index (κ3) is 3.39. The number of hydrogen-bond acceptors (Lipinski definition) is 6. The molecule has 0 saturated heterocycles. The molecule has 0 spiro atoms. The molecule has 0 bridgehead atoms.